The van der Waals surface area contributed by atoms with Crippen LogP contribution in [0.1, 0.15) is 5.56 Å². The highest BCUT2D eigenvalue weighted by molar-refractivity contribution is 7.98. The molecule has 0 unspecified atom stereocenters. The summed E-state index contributed by atoms with van der Waals surface area (Å²) in [5.74, 6) is -1.23. The Morgan fingerprint density at radius 3 is 2.81 bits per heavy atom. The summed E-state index contributed by atoms with van der Waals surface area (Å²) in [5, 5.41) is 21.3. The van der Waals surface area contributed by atoms with Gasteiger partial charge in [-0.05, 0) is 30.0 Å². The fraction of sp³-hybridized carbons (Fsp3) is 0.188. The zero-order chi connectivity index (χ0) is 19.8. The third kappa shape index (κ3) is 5.70. The van der Waals surface area contributed by atoms with E-state index in [4.69, 9.17) is 14.6 Å². The number of anilines is 1. The molecule has 140 valence electrons. The van der Waals surface area contributed by atoms with Gasteiger partial charge in [-0.15, -0.1) is 0 Å². The highest BCUT2D eigenvalue weighted by atomic mass is 32.2. The minimum Gasteiger partial charge on any atom is -0.493 e. The second-order valence-electron chi connectivity index (χ2n) is 4.80. The van der Waals surface area contributed by atoms with Crippen LogP contribution in [-0.4, -0.2) is 46.3 Å². The van der Waals surface area contributed by atoms with E-state index in [0.717, 1.165) is 11.5 Å². The molecular formula is C16H14N4O5S2. The van der Waals surface area contributed by atoms with Crippen LogP contribution in [-0.2, 0) is 9.59 Å². The van der Waals surface area contributed by atoms with Crippen LogP contribution in [0, 0.1) is 11.3 Å². The van der Waals surface area contributed by atoms with Crippen molar-refractivity contribution in [3.05, 3.63) is 29.3 Å². The molecular weight excluding hydrogens is 392 g/mol. The fourth-order valence-corrected chi connectivity index (χ4v) is 2.98. The van der Waals surface area contributed by atoms with Gasteiger partial charge in [-0.1, -0.05) is 17.8 Å². The number of amides is 1. The molecule has 0 aliphatic carbocycles. The van der Waals surface area contributed by atoms with Crippen LogP contribution in [0.2, 0.25) is 0 Å². The van der Waals surface area contributed by atoms with Gasteiger partial charge in [0.15, 0.2) is 18.1 Å². The maximum absolute atomic E-state index is 12.3. The van der Waals surface area contributed by atoms with Gasteiger partial charge in [0.1, 0.15) is 11.6 Å². The number of carbonyl (C=O) groups is 2. The van der Waals surface area contributed by atoms with Crippen molar-refractivity contribution < 1.29 is 24.2 Å². The lowest BCUT2D eigenvalue weighted by Crippen LogP contribution is -2.13. The summed E-state index contributed by atoms with van der Waals surface area (Å²) in [6.07, 6.45) is 3.18. The van der Waals surface area contributed by atoms with E-state index in [1.165, 1.54) is 37.1 Å². The topological polar surface area (TPSA) is 134 Å². The standard InChI is InChI=1S/C16H14N4O5S2/c1-24-12-6-9(3-4-11(12)25-8-13(21)22)5-10(7-17)14(23)18-15-19-16(26-2)20-27-15/h3-6H,8H2,1-2H3,(H,21,22)(H,18,19,20,23)/b10-5-. The van der Waals surface area contributed by atoms with Crippen LogP contribution in [0.5, 0.6) is 11.5 Å². The number of nitriles is 1. The Hall–Kier alpha value is -3.10. The molecule has 2 N–H and O–H groups in total. The number of hydrogen-bond donors (Lipinski definition) is 2. The second kappa shape index (κ2) is 9.56. The van der Waals surface area contributed by atoms with Crippen molar-refractivity contribution in [1.82, 2.24) is 9.36 Å². The van der Waals surface area contributed by atoms with Crippen molar-refractivity contribution in [1.29, 1.82) is 5.26 Å². The lowest BCUT2D eigenvalue weighted by Gasteiger charge is -2.09. The first-order chi connectivity index (χ1) is 13.0. The predicted molar refractivity (Wildman–Crippen MR) is 100 cm³/mol. The molecule has 0 atom stereocenters. The van der Waals surface area contributed by atoms with Gasteiger partial charge in [-0.2, -0.15) is 14.6 Å². The van der Waals surface area contributed by atoms with E-state index in [1.807, 2.05) is 12.3 Å². The molecule has 0 fully saturated rings. The molecule has 2 rings (SSSR count). The average Bonchev–Trinajstić information content (AvgIpc) is 3.12. The lowest BCUT2D eigenvalue weighted by atomic mass is 10.1. The van der Waals surface area contributed by atoms with Crippen molar-refractivity contribution in [3.63, 3.8) is 0 Å². The van der Waals surface area contributed by atoms with Gasteiger partial charge in [0.25, 0.3) is 5.91 Å². The van der Waals surface area contributed by atoms with Crippen LogP contribution in [0.25, 0.3) is 6.08 Å². The first-order valence-electron chi connectivity index (χ1n) is 7.30. The lowest BCUT2D eigenvalue weighted by molar-refractivity contribution is -0.139. The number of hydrogen-bond acceptors (Lipinski definition) is 9. The number of carbonyl (C=O) groups excluding carboxylic acids is 1. The summed E-state index contributed by atoms with van der Waals surface area (Å²) in [4.78, 5) is 26.9. The number of nitrogens with one attached hydrogen (secondary N) is 1. The number of thioether (sulfide) groups is 1. The van der Waals surface area contributed by atoms with E-state index >= 15 is 0 Å². The number of aliphatic carboxylic acids is 1. The van der Waals surface area contributed by atoms with E-state index in [0.29, 0.717) is 15.9 Å². The van der Waals surface area contributed by atoms with Crippen LogP contribution in [0.4, 0.5) is 5.13 Å². The van der Waals surface area contributed by atoms with Crippen molar-refractivity contribution in [3.8, 4) is 17.6 Å². The van der Waals surface area contributed by atoms with Crippen LogP contribution < -0.4 is 14.8 Å². The first kappa shape index (κ1) is 20.2. The molecule has 1 aromatic carbocycles. The fourth-order valence-electron chi connectivity index (χ4n) is 1.86. The molecule has 11 heteroatoms. The van der Waals surface area contributed by atoms with Gasteiger partial charge in [-0.25, -0.2) is 4.79 Å². The van der Waals surface area contributed by atoms with E-state index in [9.17, 15) is 14.9 Å². The first-order valence-corrected chi connectivity index (χ1v) is 9.30. The van der Waals surface area contributed by atoms with Gasteiger partial charge in [0.2, 0.25) is 10.3 Å². The van der Waals surface area contributed by atoms with E-state index in [1.54, 1.807) is 6.07 Å². The minimum atomic E-state index is -1.12. The maximum Gasteiger partial charge on any atom is 0.341 e. The van der Waals surface area contributed by atoms with Gasteiger partial charge < -0.3 is 14.6 Å². The molecule has 0 saturated heterocycles. The average molecular weight is 406 g/mol. The molecule has 0 aliphatic rings. The number of aromatic nitrogens is 2. The highest BCUT2D eigenvalue weighted by Gasteiger charge is 2.14. The second-order valence-corrected chi connectivity index (χ2v) is 6.33. The summed E-state index contributed by atoms with van der Waals surface area (Å²) < 4.78 is 14.3. The number of rotatable bonds is 8. The summed E-state index contributed by atoms with van der Waals surface area (Å²) in [5.41, 5.74) is 0.362. The minimum absolute atomic E-state index is 0.142. The van der Waals surface area contributed by atoms with E-state index in [-0.39, 0.29) is 17.1 Å². The Kier molecular flexibility index (Phi) is 7.16. The number of carboxylic acid groups (broad SMARTS) is 1. The van der Waals surface area contributed by atoms with Gasteiger partial charge >= 0.3 is 5.97 Å². The van der Waals surface area contributed by atoms with Crippen molar-refractivity contribution in [2.75, 3.05) is 25.3 Å². The molecule has 2 aromatic rings. The van der Waals surface area contributed by atoms with Crippen molar-refractivity contribution in [2.45, 2.75) is 5.16 Å². The maximum atomic E-state index is 12.3. The zero-order valence-corrected chi connectivity index (χ0v) is 15.9. The highest BCUT2D eigenvalue weighted by Crippen LogP contribution is 2.29. The Morgan fingerprint density at radius 1 is 1.44 bits per heavy atom. The van der Waals surface area contributed by atoms with Gasteiger partial charge in [0.05, 0.1) is 7.11 Å². The number of benzene rings is 1. The Bertz CT molecular complexity index is 920. The molecule has 1 aromatic heterocycles. The van der Waals surface area contributed by atoms with Crippen LogP contribution in [0.15, 0.2) is 28.9 Å². The monoisotopic (exact) mass is 406 g/mol. The Morgan fingerprint density at radius 2 is 2.22 bits per heavy atom. The summed E-state index contributed by atoms with van der Waals surface area (Å²) >= 11 is 2.36. The zero-order valence-electron chi connectivity index (χ0n) is 14.3. The van der Waals surface area contributed by atoms with Crippen molar-refractivity contribution >= 4 is 46.4 Å². The SMILES string of the molecule is COc1cc(/C=C(/C#N)C(=O)Nc2nc(SC)ns2)ccc1OCC(=O)O. The number of ether oxygens (including phenoxy) is 2. The third-order valence-corrected chi connectivity index (χ3v) is 4.32. The summed E-state index contributed by atoms with van der Waals surface area (Å²) in [7, 11) is 1.40. The molecule has 0 aliphatic heterocycles. The Labute approximate surface area is 162 Å². The molecule has 0 saturated carbocycles. The smallest absolute Gasteiger partial charge is 0.341 e. The molecule has 1 heterocycles. The molecule has 0 spiro atoms. The summed E-state index contributed by atoms with van der Waals surface area (Å²) in [6.45, 7) is -0.517. The van der Waals surface area contributed by atoms with Crippen LogP contribution >= 0.6 is 23.3 Å². The largest absolute Gasteiger partial charge is 0.493 e. The molecule has 9 nitrogen and oxygen atoms in total. The van der Waals surface area contributed by atoms with Crippen molar-refractivity contribution in [2.24, 2.45) is 0 Å². The van der Waals surface area contributed by atoms with E-state index in [2.05, 4.69) is 14.7 Å². The number of carboxylic acids is 1. The van der Waals surface area contributed by atoms with Gasteiger partial charge in [0, 0.05) is 11.5 Å². The van der Waals surface area contributed by atoms with E-state index < -0.39 is 18.5 Å². The quantitative estimate of drug-likeness (QED) is 0.384. The summed E-state index contributed by atoms with van der Waals surface area (Å²) in [6, 6.07) is 6.43. The molecule has 0 bridgehead atoms. The molecule has 27 heavy (non-hydrogen) atoms. The Balaban J connectivity index is 2.19. The third-order valence-electron chi connectivity index (χ3n) is 3.03. The van der Waals surface area contributed by atoms with Crippen LogP contribution in [0.3, 0.4) is 0 Å². The molecule has 1 amide bonds. The molecule has 0 radical (unpaired) electrons. The number of methoxy groups -OCH3 is 1. The normalized spacial score (nSPS) is 10.8. The number of nitrogens with zero attached hydrogens (tertiary/aromatic N) is 3. The predicted octanol–water partition coefficient (Wildman–Crippen LogP) is 2.28. The van der Waals surface area contributed by atoms with Gasteiger partial charge in [-0.3, -0.25) is 10.1 Å².